The Balaban J connectivity index is 1.99. The Kier molecular flexibility index (Phi) is 4.44. The molecule has 2 rings (SSSR count). The van der Waals surface area contributed by atoms with Crippen molar-refractivity contribution in [1.82, 2.24) is 5.43 Å². The van der Waals surface area contributed by atoms with E-state index < -0.39 is 5.82 Å². The average molecular weight is 272 g/mol. The van der Waals surface area contributed by atoms with E-state index in [1.165, 1.54) is 12.3 Å². The lowest BCUT2D eigenvalue weighted by molar-refractivity contribution is 0.0955. The number of nitrogens with one attached hydrogen (secondary N) is 1. The van der Waals surface area contributed by atoms with Gasteiger partial charge in [0.25, 0.3) is 5.91 Å². The summed E-state index contributed by atoms with van der Waals surface area (Å²) in [5.74, 6) is -0.105. The van der Waals surface area contributed by atoms with Crippen molar-refractivity contribution in [2.24, 2.45) is 5.10 Å². The van der Waals surface area contributed by atoms with E-state index in [2.05, 4.69) is 10.5 Å². The summed E-state index contributed by atoms with van der Waals surface area (Å²) in [4.78, 5) is 11.8. The van der Waals surface area contributed by atoms with E-state index >= 15 is 0 Å². The number of carbonyl (C=O) groups excluding carboxylic acids is 1. The Bertz CT molecular complexity index is 624. The Labute approximate surface area is 115 Å². The second kappa shape index (κ2) is 6.47. The summed E-state index contributed by atoms with van der Waals surface area (Å²) in [6.45, 7) is 0. The maximum atomic E-state index is 13.3. The maximum Gasteiger partial charge on any atom is 0.271 e. The standard InChI is InChI=1S/C15H13FN2O2/c1-20-13-8-6-11(7-9-13)15(19)18-17-10-12-4-2-3-5-14(12)16/h2-10H,1H3,(H,18,19)/b17-10+. The van der Waals surface area contributed by atoms with Crippen LogP contribution in [0.15, 0.2) is 53.6 Å². The lowest BCUT2D eigenvalue weighted by Crippen LogP contribution is -2.17. The van der Waals surface area contributed by atoms with Gasteiger partial charge in [0.2, 0.25) is 0 Å². The number of ether oxygens (including phenoxy) is 1. The van der Waals surface area contributed by atoms with Crippen LogP contribution in [0.3, 0.4) is 0 Å². The number of nitrogens with zero attached hydrogens (tertiary/aromatic N) is 1. The number of methoxy groups -OCH3 is 1. The van der Waals surface area contributed by atoms with E-state index in [9.17, 15) is 9.18 Å². The van der Waals surface area contributed by atoms with Crippen molar-refractivity contribution >= 4 is 12.1 Å². The van der Waals surface area contributed by atoms with Crippen LogP contribution in [0.2, 0.25) is 0 Å². The topological polar surface area (TPSA) is 50.7 Å². The second-order valence-corrected chi connectivity index (χ2v) is 3.95. The molecule has 0 saturated carbocycles. The summed E-state index contributed by atoms with van der Waals surface area (Å²) in [5, 5.41) is 3.73. The smallest absolute Gasteiger partial charge is 0.271 e. The fourth-order valence-corrected chi connectivity index (χ4v) is 1.55. The maximum absolute atomic E-state index is 13.3. The lowest BCUT2D eigenvalue weighted by atomic mass is 10.2. The minimum atomic E-state index is -0.394. The number of hydrogen-bond acceptors (Lipinski definition) is 3. The molecule has 0 atom stereocenters. The summed E-state index contributed by atoms with van der Waals surface area (Å²) in [5.41, 5.74) is 3.08. The van der Waals surface area contributed by atoms with Gasteiger partial charge in [-0.2, -0.15) is 5.10 Å². The highest BCUT2D eigenvalue weighted by Crippen LogP contribution is 2.11. The number of amides is 1. The zero-order valence-corrected chi connectivity index (χ0v) is 10.8. The Morgan fingerprint density at radius 2 is 1.90 bits per heavy atom. The van der Waals surface area contributed by atoms with Crippen molar-refractivity contribution in [3.8, 4) is 5.75 Å². The molecule has 4 nitrogen and oxygen atoms in total. The molecule has 0 radical (unpaired) electrons. The van der Waals surface area contributed by atoms with Gasteiger partial charge in [-0.1, -0.05) is 18.2 Å². The molecule has 2 aromatic rings. The third-order valence-corrected chi connectivity index (χ3v) is 2.63. The number of rotatable bonds is 4. The molecule has 0 aliphatic rings. The van der Waals surface area contributed by atoms with Gasteiger partial charge in [0, 0.05) is 11.1 Å². The Morgan fingerprint density at radius 1 is 1.20 bits per heavy atom. The van der Waals surface area contributed by atoms with Crippen molar-refractivity contribution in [2.45, 2.75) is 0 Å². The Hall–Kier alpha value is -2.69. The fraction of sp³-hybridized carbons (Fsp3) is 0.0667. The highest BCUT2D eigenvalue weighted by molar-refractivity contribution is 5.95. The van der Waals surface area contributed by atoms with Crippen LogP contribution in [0, 0.1) is 5.82 Å². The molecular weight excluding hydrogens is 259 g/mol. The summed E-state index contributed by atoms with van der Waals surface area (Å²) in [7, 11) is 1.55. The van der Waals surface area contributed by atoms with Crippen LogP contribution in [-0.2, 0) is 0 Å². The first-order chi connectivity index (χ1) is 9.70. The Morgan fingerprint density at radius 3 is 2.55 bits per heavy atom. The zero-order valence-electron chi connectivity index (χ0n) is 10.8. The van der Waals surface area contributed by atoms with E-state index in [0.29, 0.717) is 16.9 Å². The van der Waals surface area contributed by atoms with Crippen LogP contribution in [0.4, 0.5) is 4.39 Å². The number of hydrogen-bond donors (Lipinski definition) is 1. The van der Waals surface area contributed by atoms with E-state index in [1.807, 2.05) is 0 Å². The molecule has 20 heavy (non-hydrogen) atoms. The van der Waals surface area contributed by atoms with Crippen LogP contribution >= 0.6 is 0 Å². The van der Waals surface area contributed by atoms with E-state index in [4.69, 9.17) is 4.74 Å². The number of benzene rings is 2. The SMILES string of the molecule is COc1ccc(C(=O)N/N=C/c2ccccc2F)cc1. The summed E-state index contributed by atoms with van der Waals surface area (Å²) in [6, 6.07) is 12.8. The second-order valence-electron chi connectivity index (χ2n) is 3.95. The van der Waals surface area contributed by atoms with Crippen LogP contribution in [-0.4, -0.2) is 19.2 Å². The van der Waals surface area contributed by atoms with Gasteiger partial charge >= 0.3 is 0 Å². The largest absolute Gasteiger partial charge is 0.497 e. The molecule has 5 heteroatoms. The van der Waals surface area contributed by atoms with Crippen molar-refractivity contribution in [3.63, 3.8) is 0 Å². The minimum Gasteiger partial charge on any atom is -0.497 e. The molecule has 2 aromatic carbocycles. The van der Waals surface area contributed by atoms with Gasteiger partial charge in [0.1, 0.15) is 11.6 Å². The molecule has 0 fully saturated rings. The van der Waals surface area contributed by atoms with Gasteiger partial charge in [-0.15, -0.1) is 0 Å². The monoisotopic (exact) mass is 272 g/mol. The predicted octanol–water partition coefficient (Wildman–Crippen LogP) is 2.60. The van der Waals surface area contributed by atoms with Gasteiger partial charge < -0.3 is 4.74 Å². The van der Waals surface area contributed by atoms with Crippen molar-refractivity contribution < 1.29 is 13.9 Å². The molecule has 0 aliphatic heterocycles. The average Bonchev–Trinajstić information content (AvgIpc) is 2.49. The molecule has 102 valence electrons. The lowest BCUT2D eigenvalue weighted by Gasteiger charge is -2.02. The number of carbonyl (C=O) groups is 1. The fourth-order valence-electron chi connectivity index (χ4n) is 1.55. The number of halogens is 1. The molecule has 0 bridgehead atoms. The van der Waals surface area contributed by atoms with Crippen LogP contribution in [0.25, 0.3) is 0 Å². The minimum absolute atomic E-state index is 0.308. The number of hydrazone groups is 1. The molecule has 1 N–H and O–H groups in total. The first kappa shape index (κ1) is 13.7. The summed E-state index contributed by atoms with van der Waals surface area (Å²) in [6.07, 6.45) is 1.26. The van der Waals surface area contributed by atoms with Gasteiger partial charge in [0.15, 0.2) is 0 Å². The van der Waals surface area contributed by atoms with Gasteiger partial charge in [-0.05, 0) is 30.3 Å². The molecule has 0 spiro atoms. The third kappa shape index (κ3) is 3.41. The normalized spacial score (nSPS) is 10.5. The summed E-state index contributed by atoms with van der Waals surface area (Å²) < 4.78 is 18.3. The van der Waals surface area contributed by atoms with Crippen molar-refractivity contribution in [1.29, 1.82) is 0 Å². The first-order valence-electron chi connectivity index (χ1n) is 5.92. The molecular formula is C15H13FN2O2. The zero-order chi connectivity index (χ0) is 14.4. The third-order valence-electron chi connectivity index (χ3n) is 2.63. The predicted molar refractivity (Wildman–Crippen MR) is 74.5 cm³/mol. The highest BCUT2D eigenvalue weighted by Gasteiger charge is 2.04. The molecule has 0 unspecified atom stereocenters. The molecule has 0 saturated heterocycles. The first-order valence-corrected chi connectivity index (χ1v) is 5.92. The molecule has 1 amide bonds. The summed E-state index contributed by atoms with van der Waals surface area (Å²) >= 11 is 0. The van der Waals surface area contributed by atoms with Gasteiger partial charge in [-0.25, -0.2) is 9.82 Å². The van der Waals surface area contributed by atoms with Gasteiger partial charge in [-0.3, -0.25) is 4.79 Å². The quantitative estimate of drug-likeness (QED) is 0.687. The molecule has 0 heterocycles. The van der Waals surface area contributed by atoms with E-state index in [-0.39, 0.29) is 5.91 Å². The molecule has 0 aromatic heterocycles. The van der Waals surface area contributed by atoms with Crippen molar-refractivity contribution in [2.75, 3.05) is 7.11 Å². The molecule has 0 aliphatic carbocycles. The van der Waals surface area contributed by atoms with Crippen LogP contribution in [0.1, 0.15) is 15.9 Å². The van der Waals surface area contributed by atoms with Crippen LogP contribution in [0.5, 0.6) is 5.75 Å². The van der Waals surface area contributed by atoms with Crippen LogP contribution < -0.4 is 10.2 Å². The van der Waals surface area contributed by atoms with Gasteiger partial charge in [0.05, 0.1) is 13.3 Å². The van der Waals surface area contributed by atoms with E-state index in [0.717, 1.165) is 0 Å². The van der Waals surface area contributed by atoms with E-state index in [1.54, 1.807) is 49.6 Å². The highest BCUT2D eigenvalue weighted by atomic mass is 19.1. The van der Waals surface area contributed by atoms with Crippen molar-refractivity contribution in [3.05, 3.63) is 65.5 Å².